The molecule has 0 saturated carbocycles. The topological polar surface area (TPSA) is 47.4 Å². The van der Waals surface area contributed by atoms with Gasteiger partial charge in [0.25, 0.3) is 0 Å². The smallest absolute Gasteiger partial charge is 0.352 e. The number of benzene rings is 1. The van der Waals surface area contributed by atoms with Gasteiger partial charge >= 0.3 is 5.69 Å². The van der Waals surface area contributed by atoms with Crippen molar-refractivity contribution in [1.82, 2.24) is 9.55 Å². The summed E-state index contributed by atoms with van der Waals surface area (Å²) in [6.07, 6.45) is 0.861. The molecular formula is C16H19F2N3O2S. The summed E-state index contributed by atoms with van der Waals surface area (Å²) in [5, 5.41) is 0. The summed E-state index contributed by atoms with van der Waals surface area (Å²) in [7, 11) is 1.89. The van der Waals surface area contributed by atoms with Crippen LogP contribution in [-0.2, 0) is 13.2 Å². The predicted molar refractivity (Wildman–Crippen MR) is 92.1 cm³/mol. The highest BCUT2D eigenvalue weighted by Crippen LogP contribution is 2.24. The maximum absolute atomic E-state index is 13.6. The minimum absolute atomic E-state index is 0. The number of anilines is 1. The van der Waals surface area contributed by atoms with E-state index in [0.717, 1.165) is 12.5 Å². The minimum Gasteiger partial charge on any atom is -0.472 e. The van der Waals surface area contributed by atoms with E-state index in [0.29, 0.717) is 18.4 Å². The van der Waals surface area contributed by atoms with E-state index in [2.05, 4.69) is 11.9 Å². The molecule has 3 rings (SSSR count). The number of aromatic nitrogens is 2. The number of rotatable bonds is 3. The van der Waals surface area contributed by atoms with Crippen LogP contribution >= 0.6 is 13.5 Å². The molecule has 0 N–H and O–H groups in total. The summed E-state index contributed by atoms with van der Waals surface area (Å²) in [6.45, 7) is 2.47. The van der Waals surface area contributed by atoms with Gasteiger partial charge in [0.15, 0.2) is 11.6 Å². The highest BCUT2D eigenvalue weighted by Gasteiger charge is 2.22. The van der Waals surface area contributed by atoms with Gasteiger partial charge in [0.1, 0.15) is 12.4 Å². The van der Waals surface area contributed by atoms with Crippen molar-refractivity contribution in [3.8, 4) is 5.88 Å². The molecule has 2 heterocycles. The SMILES string of the molecule is C[C@H]1CCn2c(cc(OCc3cccc(F)c3F)nc2=O)N1C.S. The van der Waals surface area contributed by atoms with E-state index in [1.54, 1.807) is 10.6 Å². The molecule has 0 fully saturated rings. The van der Waals surface area contributed by atoms with Crippen molar-refractivity contribution in [2.45, 2.75) is 32.5 Å². The lowest BCUT2D eigenvalue weighted by Gasteiger charge is -2.34. The fraction of sp³-hybridized carbons (Fsp3) is 0.375. The van der Waals surface area contributed by atoms with Crippen LogP contribution in [0.25, 0.3) is 0 Å². The van der Waals surface area contributed by atoms with E-state index in [9.17, 15) is 13.6 Å². The van der Waals surface area contributed by atoms with Gasteiger partial charge in [-0.2, -0.15) is 18.5 Å². The molecule has 0 bridgehead atoms. The molecule has 1 aromatic heterocycles. The molecular weight excluding hydrogens is 336 g/mol. The third kappa shape index (κ3) is 3.38. The van der Waals surface area contributed by atoms with E-state index in [1.165, 1.54) is 12.1 Å². The van der Waals surface area contributed by atoms with Crippen LogP contribution < -0.4 is 15.3 Å². The Bertz CT molecular complexity index is 797. The quantitative estimate of drug-likeness (QED) is 0.849. The fourth-order valence-electron chi connectivity index (χ4n) is 2.60. The van der Waals surface area contributed by atoms with Crippen LogP contribution in [0.3, 0.4) is 0 Å². The number of halogens is 2. The average molecular weight is 355 g/mol. The third-order valence-corrected chi connectivity index (χ3v) is 4.17. The van der Waals surface area contributed by atoms with E-state index in [-0.39, 0.29) is 31.5 Å². The van der Waals surface area contributed by atoms with Crippen LogP contribution in [0.5, 0.6) is 5.88 Å². The molecule has 0 aliphatic carbocycles. The Labute approximate surface area is 145 Å². The van der Waals surface area contributed by atoms with E-state index in [1.807, 2.05) is 11.9 Å². The van der Waals surface area contributed by atoms with Gasteiger partial charge in [-0.05, 0) is 19.4 Å². The van der Waals surface area contributed by atoms with Crippen molar-refractivity contribution in [2.24, 2.45) is 0 Å². The first-order valence-corrected chi connectivity index (χ1v) is 7.38. The van der Waals surface area contributed by atoms with Crippen LogP contribution in [0.15, 0.2) is 29.1 Å². The van der Waals surface area contributed by atoms with Gasteiger partial charge in [0, 0.05) is 31.3 Å². The molecule has 0 amide bonds. The zero-order chi connectivity index (χ0) is 16.6. The monoisotopic (exact) mass is 355 g/mol. The first-order chi connectivity index (χ1) is 11.0. The second-order valence-corrected chi connectivity index (χ2v) is 5.64. The van der Waals surface area contributed by atoms with Crippen molar-refractivity contribution in [3.05, 3.63) is 51.9 Å². The van der Waals surface area contributed by atoms with Gasteiger partial charge in [-0.25, -0.2) is 13.6 Å². The van der Waals surface area contributed by atoms with Crippen LogP contribution in [0.2, 0.25) is 0 Å². The van der Waals surface area contributed by atoms with Crippen molar-refractivity contribution in [3.63, 3.8) is 0 Å². The first kappa shape index (κ1) is 18.3. The van der Waals surface area contributed by atoms with Gasteiger partial charge in [0.2, 0.25) is 5.88 Å². The average Bonchev–Trinajstić information content (AvgIpc) is 2.53. The highest BCUT2D eigenvalue weighted by molar-refractivity contribution is 7.59. The van der Waals surface area contributed by atoms with Gasteiger partial charge in [-0.15, -0.1) is 0 Å². The lowest BCUT2D eigenvalue weighted by Crippen LogP contribution is -2.41. The molecule has 0 saturated heterocycles. The van der Waals surface area contributed by atoms with Gasteiger partial charge in [0.05, 0.1) is 0 Å². The molecule has 2 aromatic rings. The van der Waals surface area contributed by atoms with Crippen molar-refractivity contribution < 1.29 is 13.5 Å². The third-order valence-electron chi connectivity index (χ3n) is 4.17. The molecule has 1 aromatic carbocycles. The zero-order valence-corrected chi connectivity index (χ0v) is 14.4. The van der Waals surface area contributed by atoms with E-state index in [4.69, 9.17) is 4.74 Å². The summed E-state index contributed by atoms with van der Waals surface area (Å²) in [4.78, 5) is 17.9. The molecule has 130 valence electrons. The predicted octanol–water partition coefficient (Wildman–Crippen LogP) is 2.44. The van der Waals surface area contributed by atoms with Crippen molar-refractivity contribution in [2.75, 3.05) is 11.9 Å². The van der Waals surface area contributed by atoms with Gasteiger partial charge in [-0.3, -0.25) is 4.57 Å². The molecule has 1 aliphatic heterocycles. The summed E-state index contributed by atoms with van der Waals surface area (Å²) in [6, 6.07) is 5.82. The van der Waals surface area contributed by atoms with Crippen molar-refractivity contribution >= 4 is 19.3 Å². The maximum Gasteiger partial charge on any atom is 0.352 e. The first-order valence-electron chi connectivity index (χ1n) is 7.38. The minimum atomic E-state index is -0.951. The summed E-state index contributed by atoms with van der Waals surface area (Å²) in [5.41, 5.74) is -0.331. The number of fused-ring (bicyclic) bond motifs is 1. The Balaban J connectivity index is 0.00000208. The number of hydrogen-bond acceptors (Lipinski definition) is 4. The number of nitrogens with zero attached hydrogens (tertiary/aromatic N) is 3. The second-order valence-electron chi connectivity index (χ2n) is 5.64. The fourth-order valence-corrected chi connectivity index (χ4v) is 2.60. The molecule has 8 heteroatoms. The summed E-state index contributed by atoms with van der Waals surface area (Å²) in [5.74, 6) is -1.07. The lowest BCUT2D eigenvalue weighted by atomic mass is 10.1. The Morgan fingerprint density at radius 1 is 1.38 bits per heavy atom. The normalized spacial score (nSPS) is 16.3. The molecule has 5 nitrogen and oxygen atoms in total. The summed E-state index contributed by atoms with van der Waals surface area (Å²) >= 11 is 0. The van der Waals surface area contributed by atoms with Crippen molar-refractivity contribution in [1.29, 1.82) is 0 Å². The Morgan fingerprint density at radius 3 is 2.88 bits per heavy atom. The Kier molecular flexibility index (Phi) is 5.48. The Morgan fingerprint density at radius 2 is 2.12 bits per heavy atom. The molecule has 0 spiro atoms. The van der Waals surface area contributed by atoms with Crippen LogP contribution in [0.1, 0.15) is 18.9 Å². The molecule has 0 radical (unpaired) electrons. The number of ether oxygens (including phenoxy) is 1. The van der Waals surface area contributed by atoms with Gasteiger partial charge < -0.3 is 9.64 Å². The van der Waals surface area contributed by atoms with Crippen LogP contribution in [0, 0.1) is 11.6 Å². The lowest BCUT2D eigenvalue weighted by molar-refractivity contribution is 0.282. The van der Waals surface area contributed by atoms with Crippen LogP contribution in [0.4, 0.5) is 14.6 Å². The van der Waals surface area contributed by atoms with Crippen LogP contribution in [-0.4, -0.2) is 22.6 Å². The van der Waals surface area contributed by atoms with E-state index < -0.39 is 17.3 Å². The van der Waals surface area contributed by atoms with Gasteiger partial charge in [-0.1, -0.05) is 12.1 Å². The zero-order valence-electron chi connectivity index (χ0n) is 13.4. The summed E-state index contributed by atoms with van der Waals surface area (Å²) < 4.78 is 33.8. The highest BCUT2D eigenvalue weighted by atomic mass is 32.1. The molecule has 24 heavy (non-hydrogen) atoms. The van der Waals surface area contributed by atoms with E-state index >= 15 is 0 Å². The molecule has 1 aliphatic rings. The largest absolute Gasteiger partial charge is 0.472 e. The number of hydrogen-bond donors (Lipinski definition) is 0. The Hall–Kier alpha value is -2.09. The standard InChI is InChI=1S/C16H17F2N3O2.H2S/c1-10-6-7-21-14(20(10)2)8-13(19-16(21)22)23-9-11-4-3-5-12(17)15(11)18;/h3-5,8,10H,6-7,9H2,1-2H3;1H2/t10-;/m0./s1. The second kappa shape index (κ2) is 7.21. The maximum atomic E-state index is 13.6. The molecule has 0 unspecified atom stereocenters. The molecule has 1 atom stereocenters.